The number of amides is 1. The number of ether oxygens (including phenoxy) is 1. The van der Waals surface area contributed by atoms with Crippen LogP contribution in [0.3, 0.4) is 0 Å². The van der Waals surface area contributed by atoms with Gasteiger partial charge in [-0.25, -0.2) is 4.98 Å². The van der Waals surface area contributed by atoms with Crippen LogP contribution < -0.4 is 15.4 Å². The lowest BCUT2D eigenvalue weighted by atomic mass is 10.0. The molecule has 2 aromatic rings. The molecule has 2 heterocycles. The van der Waals surface area contributed by atoms with Crippen LogP contribution >= 0.6 is 11.3 Å². The number of rotatable bonds is 5. The second-order valence-corrected chi connectivity index (χ2v) is 7.16. The predicted octanol–water partition coefficient (Wildman–Crippen LogP) is 2.03. The Hall–Kier alpha value is -1.96. The van der Waals surface area contributed by atoms with Gasteiger partial charge in [-0.05, 0) is 31.9 Å². The maximum atomic E-state index is 12.3. The third-order valence-electron chi connectivity index (χ3n) is 4.49. The molecule has 1 aromatic heterocycles. The average molecular weight is 361 g/mol. The van der Waals surface area contributed by atoms with E-state index in [-0.39, 0.29) is 18.0 Å². The Labute approximate surface area is 151 Å². The molecule has 3 N–H and O–H groups in total. The average Bonchev–Trinajstić information content (AvgIpc) is 3.22. The highest BCUT2D eigenvalue weighted by Crippen LogP contribution is 2.34. The second kappa shape index (κ2) is 7.51. The first kappa shape index (κ1) is 17.8. The van der Waals surface area contributed by atoms with Crippen molar-refractivity contribution in [3.8, 4) is 16.2 Å². The number of hydrogen-bond donors (Lipinski definition) is 3. The van der Waals surface area contributed by atoms with Crippen molar-refractivity contribution in [1.29, 1.82) is 0 Å². The first-order valence-electron chi connectivity index (χ1n) is 8.29. The number of β-amino-alcohol motifs (C(OH)–C–C–N with tert-alkyl or cyclic N) is 1. The van der Waals surface area contributed by atoms with E-state index in [1.54, 1.807) is 18.4 Å². The summed E-state index contributed by atoms with van der Waals surface area (Å²) >= 11 is 1.60. The summed E-state index contributed by atoms with van der Waals surface area (Å²) in [5.74, 6) is 0.631. The minimum Gasteiger partial charge on any atom is -0.496 e. The minimum atomic E-state index is -0.456. The van der Waals surface area contributed by atoms with E-state index < -0.39 is 6.10 Å². The molecule has 1 saturated heterocycles. The van der Waals surface area contributed by atoms with E-state index >= 15 is 0 Å². The fourth-order valence-corrected chi connectivity index (χ4v) is 3.90. The molecule has 3 rings (SSSR count). The van der Waals surface area contributed by atoms with Crippen molar-refractivity contribution < 1.29 is 14.6 Å². The van der Waals surface area contributed by atoms with Gasteiger partial charge in [0.25, 0.3) is 0 Å². The fourth-order valence-electron chi connectivity index (χ4n) is 3.10. The Balaban J connectivity index is 1.77. The number of aryl methyl sites for hydroxylation is 1. The molecule has 0 aliphatic carbocycles. The molecule has 6 nitrogen and oxygen atoms in total. The smallest absolute Gasteiger partial charge is 0.237 e. The zero-order valence-corrected chi connectivity index (χ0v) is 15.4. The Kier molecular flexibility index (Phi) is 5.36. The van der Waals surface area contributed by atoms with Crippen LogP contribution in [0.25, 0.3) is 10.4 Å². The molecule has 7 heteroatoms. The summed E-state index contributed by atoms with van der Waals surface area (Å²) in [6.07, 6.45) is -0.0123. The number of methoxy groups -OCH3 is 1. The van der Waals surface area contributed by atoms with Crippen molar-refractivity contribution in [1.82, 2.24) is 15.6 Å². The van der Waals surface area contributed by atoms with E-state index in [1.165, 1.54) is 0 Å². The second-order valence-electron chi connectivity index (χ2n) is 6.30. The van der Waals surface area contributed by atoms with Crippen molar-refractivity contribution in [3.63, 3.8) is 0 Å². The van der Waals surface area contributed by atoms with Crippen LogP contribution in [0.1, 0.15) is 30.6 Å². The zero-order chi connectivity index (χ0) is 18.0. The quantitative estimate of drug-likeness (QED) is 0.759. The molecule has 3 atom stereocenters. The third-order valence-corrected chi connectivity index (χ3v) is 5.47. The first-order chi connectivity index (χ1) is 12.0. The molecule has 0 bridgehead atoms. The van der Waals surface area contributed by atoms with Crippen LogP contribution in [0.5, 0.6) is 5.75 Å². The molecular weight excluding hydrogens is 338 g/mol. The van der Waals surface area contributed by atoms with E-state index in [0.717, 1.165) is 27.4 Å². The standard InChI is InChI=1S/C18H23N3O3S/c1-10(21-18(23)15-7-13(22)8-19-15)14-5-4-12(6-16(14)24-3)17-11(2)20-9-25-17/h4-6,9-10,13,15,19,22H,7-8H2,1-3H3,(H,21,23)/t10?,13-,15+/m1/s1. The van der Waals surface area contributed by atoms with Gasteiger partial charge in [0.15, 0.2) is 0 Å². The highest BCUT2D eigenvalue weighted by atomic mass is 32.1. The summed E-state index contributed by atoms with van der Waals surface area (Å²) in [5, 5.41) is 15.6. The number of aromatic nitrogens is 1. The maximum absolute atomic E-state index is 12.3. The van der Waals surface area contributed by atoms with Gasteiger partial charge >= 0.3 is 0 Å². The van der Waals surface area contributed by atoms with Crippen molar-refractivity contribution in [3.05, 3.63) is 35.0 Å². The number of nitrogens with one attached hydrogen (secondary N) is 2. The SMILES string of the molecule is COc1cc(-c2scnc2C)ccc1C(C)NC(=O)[C@@H]1C[C@@H](O)CN1. The van der Waals surface area contributed by atoms with Gasteiger partial charge in [-0.3, -0.25) is 4.79 Å². The van der Waals surface area contributed by atoms with Crippen LogP contribution in [0.15, 0.2) is 23.7 Å². The van der Waals surface area contributed by atoms with E-state index in [0.29, 0.717) is 13.0 Å². The van der Waals surface area contributed by atoms with E-state index in [2.05, 4.69) is 15.6 Å². The van der Waals surface area contributed by atoms with E-state index in [1.807, 2.05) is 37.6 Å². The van der Waals surface area contributed by atoms with Crippen molar-refractivity contribution >= 4 is 17.2 Å². The monoisotopic (exact) mass is 361 g/mol. The van der Waals surface area contributed by atoms with Crippen molar-refractivity contribution in [2.24, 2.45) is 0 Å². The van der Waals surface area contributed by atoms with Gasteiger partial charge in [0.2, 0.25) is 5.91 Å². The molecule has 1 aromatic carbocycles. The largest absolute Gasteiger partial charge is 0.496 e. The van der Waals surface area contributed by atoms with Crippen LogP contribution in [0.2, 0.25) is 0 Å². The number of thiazole rings is 1. The lowest BCUT2D eigenvalue weighted by molar-refractivity contribution is -0.123. The van der Waals surface area contributed by atoms with Crippen LogP contribution in [0, 0.1) is 6.92 Å². The Morgan fingerprint density at radius 3 is 2.92 bits per heavy atom. The van der Waals surface area contributed by atoms with Crippen LogP contribution in [-0.4, -0.2) is 41.8 Å². The first-order valence-corrected chi connectivity index (χ1v) is 9.17. The molecular formula is C18H23N3O3S. The number of aliphatic hydroxyl groups is 1. The van der Waals surface area contributed by atoms with Gasteiger partial charge in [-0.15, -0.1) is 11.3 Å². The normalized spacial score (nSPS) is 21.1. The number of carbonyl (C=O) groups is 1. The molecule has 0 spiro atoms. The fraction of sp³-hybridized carbons (Fsp3) is 0.444. The van der Waals surface area contributed by atoms with Crippen LogP contribution in [-0.2, 0) is 4.79 Å². The Morgan fingerprint density at radius 1 is 1.52 bits per heavy atom. The molecule has 1 aliphatic rings. The number of aliphatic hydroxyl groups excluding tert-OH is 1. The predicted molar refractivity (Wildman–Crippen MR) is 97.8 cm³/mol. The van der Waals surface area contributed by atoms with Crippen LogP contribution in [0.4, 0.5) is 0 Å². The lowest BCUT2D eigenvalue weighted by Crippen LogP contribution is -2.41. The number of nitrogens with zero attached hydrogens (tertiary/aromatic N) is 1. The van der Waals surface area contributed by atoms with Crippen molar-refractivity contribution in [2.45, 2.75) is 38.5 Å². The molecule has 1 fully saturated rings. The summed E-state index contributed by atoms with van der Waals surface area (Å²) in [6.45, 7) is 4.37. The highest BCUT2D eigenvalue weighted by molar-refractivity contribution is 7.13. The topological polar surface area (TPSA) is 83.5 Å². The van der Waals surface area contributed by atoms with E-state index in [4.69, 9.17) is 4.74 Å². The molecule has 1 amide bonds. The summed E-state index contributed by atoms with van der Waals surface area (Å²) in [7, 11) is 1.63. The molecule has 0 radical (unpaired) electrons. The summed E-state index contributed by atoms with van der Waals surface area (Å²) in [6, 6.07) is 5.45. The van der Waals surface area contributed by atoms with Crippen molar-refractivity contribution in [2.75, 3.05) is 13.7 Å². The Bertz CT molecular complexity index is 762. The van der Waals surface area contributed by atoms with Gasteiger partial charge in [0, 0.05) is 12.1 Å². The van der Waals surface area contributed by atoms with Gasteiger partial charge in [-0.1, -0.05) is 12.1 Å². The highest BCUT2D eigenvalue weighted by Gasteiger charge is 2.29. The molecule has 1 aliphatic heterocycles. The summed E-state index contributed by atoms with van der Waals surface area (Å²) in [4.78, 5) is 17.7. The minimum absolute atomic E-state index is 0.103. The Morgan fingerprint density at radius 2 is 2.32 bits per heavy atom. The maximum Gasteiger partial charge on any atom is 0.237 e. The molecule has 25 heavy (non-hydrogen) atoms. The number of hydrogen-bond acceptors (Lipinski definition) is 6. The molecule has 0 saturated carbocycles. The van der Waals surface area contributed by atoms with Gasteiger partial charge in [0.1, 0.15) is 5.75 Å². The third kappa shape index (κ3) is 3.84. The molecule has 134 valence electrons. The summed E-state index contributed by atoms with van der Waals surface area (Å²) < 4.78 is 5.55. The van der Waals surface area contributed by atoms with E-state index in [9.17, 15) is 9.90 Å². The van der Waals surface area contributed by atoms with Gasteiger partial charge in [-0.2, -0.15) is 0 Å². The lowest BCUT2D eigenvalue weighted by Gasteiger charge is -2.20. The van der Waals surface area contributed by atoms with Gasteiger partial charge < -0.3 is 20.5 Å². The number of benzene rings is 1. The van der Waals surface area contributed by atoms with Gasteiger partial charge in [0.05, 0.1) is 41.4 Å². The number of carbonyl (C=O) groups excluding carboxylic acids is 1. The zero-order valence-electron chi connectivity index (χ0n) is 14.6. The summed E-state index contributed by atoms with van der Waals surface area (Å²) in [5.41, 5.74) is 4.80. The molecule has 1 unspecified atom stereocenters.